The number of anilines is 2. The molecule has 0 fully saturated rings. The van der Waals surface area contributed by atoms with Crippen LogP contribution in [0.2, 0.25) is 5.02 Å². The summed E-state index contributed by atoms with van der Waals surface area (Å²) < 4.78 is 0. The molecule has 2 aromatic rings. The lowest BCUT2D eigenvalue weighted by molar-refractivity contribution is -0.114. The first-order chi connectivity index (χ1) is 12.5. The monoisotopic (exact) mass is 370 g/mol. The van der Waals surface area contributed by atoms with Gasteiger partial charge in [-0.3, -0.25) is 9.59 Å². The lowest BCUT2D eigenvalue weighted by atomic mass is 10.2. The molecule has 0 aliphatic heterocycles. The SMILES string of the molecule is CCCNC(=O)c1cccc(NCC(=O)Nc2cc(Cl)ccc2C#N)c1. The molecule has 2 aromatic carbocycles. The molecule has 0 radical (unpaired) electrons. The van der Waals surface area contributed by atoms with E-state index in [1.807, 2.05) is 13.0 Å². The standard InChI is InChI=1S/C19H19ClN4O2/c1-2-8-22-19(26)13-4-3-5-16(9-13)23-12-18(25)24-17-10-15(20)7-6-14(17)11-21/h3-7,9-10,23H,2,8,12H2,1H3,(H,22,26)(H,24,25). The van der Waals surface area contributed by atoms with E-state index in [9.17, 15) is 9.59 Å². The minimum absolute atomic E-state index is 0.0165. The van der Waals surface area contributed by atoms with Gasteiger partial charge < -0.3 is 16.0 Å². The normalized spacial score (nSPS) is 9.88. The number of amides is 2. The molecule has 0 heterocycles. The van der Waals surface area contributed by atoms with E-state index in [-0.39, 0.29) is 18.4 Å². The number of hydrogen-bond acceptors (Lipinski definition) is 4. The molecule has 0 aliphatic carbocycles. The molecule has 2 amide bonds. The van der Waals surface area contributed by atoms with E-state index in [4.69, 9.17) is 16.9 Å². The van der Waals surface area contributed by atoms with Crippen molar-refractivity contribution in [2.45, 2.75) is 13.3 Å². The van der Waals surface area contributed by atoms with Gasteiger partial charge in [-0.15, -0.1) is 0 Å². The summed E-state index contributed by atoms with van der Waals surface area (Å²) in [5.41, 5.74) is 1.86. The van der Waals surface area contributed by atoms with Crippen molar-refractivity contribution in [3.63, 3.8) is 0 Å². The molecule has 7 heteroatoms. The Morgan fingerprint density at radius 3 is 2.73 bits per heavy atom. The van der Waals surface area contributed by atoms with Crippen molar-refractivity contribution in [3.8, 4) is 6.07 Å². The zero-order valence-corrected chi connectivity index (χ0v) is 15.1. The topological polar surface area (TPSA) is 94.0 Å². The van der Waals surface area contributed by atoms with Crippen LogP contribution >= 0.6 is 11.6 Å². The average molecular weight is 371 g/mol. The van der Waals surface area contributed by atoms with Crippen LogP contribution in [0.15, 0.2) is 42.5 Å². The predicted octanol–water partition coefficient (Wildman–Crippen LogP) is 3.40. The zero-order chi connectivity index (χ0) is 18.9. The van der Waals surface area contributed by atoms with Crippen LogP contribution in [0, 0.1) is 11.3 Å². The molecule has 0 unspecified atom stereocenters. The summed E-state index contributed by atoms with van der Waals surface area (Å²) in [6.07, 6.45) is 0.859. The second-order valence-corrected chi connectivity index (χ2v) is 5.98. The summed E-state index contributed by atoms with van der Waals surface area (Å²) in [4.78, 5) is 24.1. The fourth-order valence-electron chi connectivity index (χ4n) is 2.21. The number of carbonyl (C=O) groups is 2. The van der Waals surface area contributed by atoms with E-state index >= 15 is 0 Å². The maximum atomic E-state index is 12.1. The number of benzene rings is 2. The number of hydrogen-bond donors (Lipinski definition) is 3. The highest BCUT2D eigenvalue weighted by Gasteiger charge is 2.09. The zero-order valence-electron chi connectivity index (χ0n) is 14.3. The van der Waals surface area contributed by atoms with Crippen molar-refractivity contribution in [1.82, 2.24) is 5.32 Å². The highest BCUT2D eigenvalue weighted by atomic mass is 35.5. The summed E-state index contributed by atoms with van der Waals surface area (Å²) in [5.74, 6) is -0.484. The van der Waals surface area contributed by atoms with Crippen LogP contribution in [0.1, 0.15) is 29.3 Å². The van der Waals surface area contributed by atoms with Gasteiger partial charge in [0.15, 0.2) is 0 Å². The number of halogens is 1. The maximum absolute atomic E-state index is 12.1. The second-order valence-electron chi connectivity index (χ2n) is 5.54. The Hall–Kier alpha value is -3.04. The molecular formula is C19H19ClN4O2. The number of nitriles is 1. The van der Waals surface area contributed by atoms with E-state index in [1.54, 1.807) is 36.4 Å². The molecule has 0 bridgehead atoms. The summed E-state index contributed by atoms with van der Waals surface area (Å²) in [6.45, 7) is 2.58. The number of nitrogens with one attached hydrogen (secondary N) is 3. The van der Waals surface area contributed by atoms with Crippen LogP contribution < -0.4 is 16.0 Å². The molecule has 6 nitrogen and oxygen atoms in total. The first kappa shape index (κ1) is 19.3. The van der Waals surface area contributed by atoms with Gasteiger partial charge in [-0.1, -0.05) is 24.6 Å². The molecule has 0 atom stereocenters. The van der Waals surface area contributed by atoms with Crippen molar-refractivity contribution in [2.75, 3.05) is 23.7 Å². The van der Waals surface area contributed by atoms with E-state index in [2.05, 4.69) is 16.0 Å². The van der Waals surface area contributed by atoms with Crippen LogP contribution in [0.25, 0.3) is 0 Å². The van der Waals surface area contributed by atoms with Gasteiger partial charge in [0, 0.05) is 22.8 Å². The second kappa shape index (κ2) is 9.44. The van der Waals surface area contributed by atoms with Crippen LogP contribution in [-0.4, -0.2) is 24.9 Å². The van der Waals surface area contributed by atoms with E-state index in [0.717, 1.165) is 6.42 Å². The third kappa shape index (κ3) is 5.50. The Labute approximate surface area is 157 Å². The highest BCUT2D eigenvalue weighted by Crippen LogP contribution is 2.20. The van der Waals surface area contributed by atoms with Gasteiger partial charge >= 0.3 is 0 Å². The van der Waals surface area contributed by atoms with Gasteiger partial charge in [0.2, 0.25) is 5.91 Å². The highest BCUT2D eigenvalue weighted by molar-refractivity contribution is 6.31. The van der Waals surface area contributed by atoms with Gasteiger partial charge in [0.05, 0.1) is 17.8 Å². The molecule has 2 rings (SSSR count). The Kier molecular flexibility index (Phi) is 7.01. The van der Waals surface area contributed by atoms with Crippen molar-refractivity contribution in [2.24, 2.45) is 0 Å². The third-order valence-electron chi connectivity index (χ3n) is 3.49. The number of rotatable bonds is 7. The van der Waals surface area contributed by atoms with Crippen molar-refractivity contribution in [3.05, 3.63) is 58.6 Å². The van der Waals surface area contributed by atoms with Gasteiger partial charge in [-0.05, 0) is 42.8 Å². The molecule has 0 saturated carbocycles. The van der Waals surface area contributed by atoms with Gasteiger partial charge in [-0.25, -0.2) is 0 Å². The Bertz CT molecular complexity index is 846. The molecule has 0 aliphatic rings. The Morgan fingerprint density at radius 2 is 2.00 bits per heavy atom. The lowest BCUT2D eigenvalue weighted by Crippen LogP contribution is -2.24. The van der Waals surface area contributed by atoms with Gasteiger partial charge in [0.1, 0.15) is 6.07 Å². The molecule has 134 valence electrons. The van der Waals surface area contributed by atoms with Crippen LogP contribution in [-0.2, 0) is 4.79 Å². The Balaban J connectivity index is 1.97. The van der Waals surface area contributed by atoms with E-state index in [0.29, 0.717) is 34.1 Å². The van der Waals surface area contributed by atoms with E-state index < -0.39 is 0 Å². The third-order valence-corrected chi connectivity index (χ3v) is 3.72. The molecular weight excluding hydrogens is 352 g/mol. The summed E-state index contributed by atoms with van der Waals surface area (Å²) in [7, 11) is 0. The van der Waals surface area contributed by atoms with Crippen LogP contribution in [0.5, 0.6) is 0 Å². The average Bonchev–Trinajstić information content (AvgIpc) is 2.65. The lowest BCUT2D eigenvalue weighted by Gasteiger charge is -2.10. The quantitative estimate of drug-likeness (QED) is 0.696. The first-order valence-electron chi connectivity index (χ1n) is 8.15. The number of carbonyl (C=O) groups excluding carboxylic acids is 2. The van der Waals surface area contributed by atoms with E-state index in [1.165, 1.54) is 6.07 Å². The minimum atomic E-state index is -0.329. The van der Waals surface area contributed by atoms with Gasteiger partial charge in [-0.2, -0.15) is 5.26 Å². The fraction of sp³-hybridized carbons (Fsp3) is 0.211. The van der Waals surface area contributed by atoms with Crippen molar-refractivity contribution >= 4 is 34.8 Å². The largest absolute Gasteiger partial charge is 0.376 e. The predicted molar refractivity (Wildman–Crippen MR) is 102 cm³/mol. The summed E-state index contributed by atoms with van der Waals surface area (Å²) >= 11 is 5.90. The Morgan fingerprint density at radius 1 is 1.19 bits per heavy atom. The molecule has 0 spiro atoms. The van der Waals surface area contributed by atoms with Crippen LogP contribution in [0.3, 0.4) is 0 Å². The first-order valence-corrected chi connectivity index (χ1v) is 8.53. The summed E-state index contributed by atoms with van der Waals surface area (Å²) in [5, 5.41) is 17.9. The maximum Gasteiger partial charge on any atom is 0.251 e. The summed E-state index contributed by atoms with van der Waals surface area (Å²) in [6, 6.07) is 13.6. The molecule has 0 saturated heterocycles. The fourth-order valence-corrected chi connectivity index (χ4v) is 2.38. The minimum Gasteiger partial charge on any atom is -0.376 e. The van der Waals surface area contributed by atoms with Crippen molar-refractivity contribution in [1.29, 1.82) is 5.26 Å². The molecule has 3 N–H and O–H groups in total. The van der Waals surface area contributed by atoms with Crippen molar-refractivity contribution < 1.29 is 9.59 Å². The smallest absolute Gasteiger partial charge is 0.251 e. The van der Waals surface area contributed by atoms with Crippen LogP contribution in [0.4, 0.5) is 11.4 Å². The molecule has 0 aromatic heterocycles. The van der Waals surface area contributed by atoms with Gasteiger partial charge in [0.25, 0.3) is 5.91 Å². The molecule has 26 heavy (non-hydrogen) atoms. The number of nitrogens with zero attached hydrogens (tertiary/aromatic N) is 1.